The Labute approximate surface area is 171 Å². The van der Waals surface area contributed by atoms with Crippen molar-refractivity contribution in [1.29, 1.82) is 0 Å². The quantitative estimate of drug-likeness (QED) is 0.647. The number of amides is 1. The summed E-state index contributed by atoms with van der Waals surface area (Å²) in [5.74, 6) is 2.16. The molecule has 2 aromatic carbocycles. The maximum atomic E-state index is 12.6. The van der Waals surface area contributed by atoms with E-state index in [0.29, 0.717) is 6.42 Å². The number of piperazine rings is 1. The van der Waals surface area contributed by atoms with E-state index in [1.54, 1.807) is 7.11 Å². The standard InChI is InChI=1S/C23H28N4O2/c1-25-21-6-4-3-5-20(21)24-22(25)17-26-13-15-27(16-14-26)23(28)12-9-18-7-10-19(29-2)11-8-18/h3-8,10-11H,9,12-17H2,1-2H3. The van der Waals surface area contributed by atoms with Gasteiger partial charge in [-0.05, 0) is 36.2 Å². The van der Waals surface area contributed by atoms with E-state index < -0.39 is 0 Å². The minimum atomic E-state index is 0.239. The number of rotatable bonds is 6. The van der Waals surface area contributed by atoms with Crippen LogP contribution in [0, 0.1) is 0 Å². The Balaban J connectivity index is 1.27. The Bertz CT molecular complexity index is 972. The molecule has 6 nitrogen and oxygen atoms in total. The highest BCUT2D eigenvalue weighted by atomic mass is 16.5. The average molecular weight is 393 g/mol. The predicted molar refractivity (Wildman–Crippen MR) is 114 cm³/mol. The second kappa shape index (κ2) is 8.66. The first-order chi connectivity index (χ1) is 14.1. The van der Waals surface area contributed by atoms with Gasteiger partial charge in [0.25, 0.3) is 0 Å². The summed E-state index contributed by atoms with van der Waals surface area (Å²) in [5.41, 5.74) is 3.37. The van der Waals surface area contributed by atoms with Gasteiger partial charge in [-0.15, -0.1) is 0 Å². The van der Waals surface area contributed by atoms with Gasteiger partial charge in [0.2, 0.25) is 5.91 Å². The number of carbonyl (C=O) groups excluding carboxylic acids is 1. The smallest absolute Gasteiger partial charge is 0.222 e. The van der Waals surface area contributed by atoms with E-state index in [2.05, 4.69) is 28.6 Å². The summed E-state index contributed by atoms with van der Waals surface area (Å²) in [5, 5.41) is 0. The molecule has 152 valence electrons. The third kappa shape index (κ3) is 4.43. The van der Waals surface area contributed by atoms with Gasteiger partial charge in [-0.3, -0.25) is 9.69 Å². The van der Waals surface area contributed by atoms with Crippen LogP contribution in [-0.4, -0.2) is 58.5 Å². The van der Waals surface area contributed by atoms with Crippen molar-refractivity contribution >= 4 is 16.9 Å². The third-order valence-corrected chi connectivity index (χ3v) is 5.76. The molecule has 1 amide bonds. The van der Waals surface area contributed by atoms with Crippen molar-refractivity contribution in [1.82, 2.24) is 19.4 Å². The molecule has 0 radical (unpaired) electrons. The maximum Gasteiger partial charge on any atom is 0.222 e. The van der Waals surface area contributed by atoms with E-state index in [9.17, 15) is 4.79 Å². The largest absolute Gasteiger partial charge is 0.497 e. The minimum absolute atomic E-state index is 0.239. The summed E-state index contributed by atoms with van der Waals surface area (Å²) in [4.78, 5) is 21.7. The Kier molecular flexibility index (Phi) is 5.81. The Morgan fingerprint density at radius 1 is 1.03 bits per heavy atom. The number of fused-ring (bicyclic) bond motifs is 1. The van der Waals surface area contributed by atoms with Crippen LogP contribution in [0.5, 0.6) is 5.75 Å². The number of hydrogen-bond acceptors (Lipinski definition) is 4. The van der Waals surface area contributed by atoms with Crippen LogP contribution in [0.15, 0.2) is 48.5 Å². The number of hydrogen-bond donors (Lipinski definition) is 0. The molecule has 0 unspecified atom stereocenters. The van der Waals surface area contributed by atoms with Crippen molar-refractivity contribution in [3.63, 3.8) is 0 Å². The topological polar surface area (TPSA) is 50.6 Å². The first kappa shape index (κ1) is 19.5. The number of carbonyl (C=O) groups is 1. The normalized spacial score (nSPS) is 15.0. The van der Waals surface area contributed by atoms with E-state index in [4.69, 9.17) is 9.72 Å². The Morgan fingerprint density at radius 2 is 1.76 bits per heavy atom. The van der Waals surface area contributed by atoms with Crippen molar-refractivity contribution in [3.05, 3.63) is 59.9 Å². The minimum Gasteiger partial charge on any atom is -0.497 e. The van der Waals surface area contributed by atoms with Crippen LogP contribution in [0.1, 0.15) is 17.8 Å². The van der Waals surface area contributed by atoms with Crippen molar-refractivity contribution in [3.8, 4) is 5.75 Å². The van der Waals surface area contributed by atoms with E-state index >= 15 is 0 Å². The molecule has 1 fully saturated rings. The van der Waals surface area contributed by atoms with Gasteiger partial charge in [-0.2, -0.15) is 0 Å². The van der Waals surface area contributed by atoms with Gasteiger partial charge in [-0.25, -0.2) is 4.98 Å². The van der Waals surface area contributed by atoms with E-state index in [0.717, 1.165) is 61.8 Å². The van der Waals surface area contributed by atoms with Gasteiger partial charge in [0.15, 0.2) is 0 Å². The highest BCUT2D eigenvalue weighted by Crippen LogP contribution is 2.17. The number of aryl methyl sites for hydroxylation is 2. The van der Waals surface area contributed by atoms with Gasteiger partial charge < -0.3 is 14.2 Å². The number of ether oxygens (including phenoxy) is 1. The molecular formula is C23H28N4O2. The van der Waals surface area contributed by atoms with Gasteiger partial charge >= 0.3 is 0 Å². The first-order valence-corrected chi connectivity index (χ1v) is 10.2. The fourth-order valence-electron chi connectivity index (χ4n) is 3.89. The molecule has 3 aromatic rings. The SMILES string of the molecule is COc1ccc(CCC(=O)N2CCN(Cc3nc4ccccc4n3C)CC2)cc1. The lowest BCUT2D eigenvalue weighted by Crippen LogP contribution is -2.48. The Hall–Kier alpha value is -2.86. The van der Waals surface area contributed by atoms with Gasteiger partial charge in [0, 0.05) is 39.6 Å². The zero-order valence-electron chi connectivity index (χ0n) is 17.2. The fraction of sp³-hybridized carbons (Fsp3) is 0.391. The van der Waals surface area contributed by atoms with Crippen LogP contribution in [0.4, 0.5) is 0 Å². The van der Waals surface area contributed by atoms with E-state index in [1.807, 2.05) is 41.3 Å². The Morgan fingerprint density at radius 3 is 2.45 bits per heavy atom. The second-order valence-electron chi connectivity index (χ2n) is 7.58. The third-order valence-electron chi connectivity index (χ3n) is 5.76. The summed E-state index contributed by atoms with van der Waals surface area (Å²) in [6, 6.07) is 16.2. The number of aromatic nitrogens is 2. The molecule has 0 bridgehead atoms. The maximum absolute atomic E-state index is 12.6. The van der Waals surface area contributed by atoms with Crippen LogP contribution in [0.2, 0.25) is 0 Å². The summed E-state index contributed by atoms with van der Waals surface area (Å²) < 4.78 is 7.35. The predicted octanol–water partition coefficient (Wildman–Crippen LogP) is 2.86. The van der Waals surface area contributed by atoms with Gasteiger partial charge in [0.1, 0.15) is 11.6 Å². The second-order valence-corrected chi connectivity index (χ2v) is 7.58. The molecule has 0 N–H and O–H groups in total. The van der Waals surface area contributed by atoms with Gasteiger partial charge in [-0.1, -0.05) is 24.3 Å². The number of para-hydroxylation sites is 2. The van der Waals surface area contributed by atoms with Crippen molar-refractivity contribution < 1.29 is 9.53 Å². The zero-order valence-corrected chi connectivity index (χ0v) is 17.2. The molecule has 1 saturated heterocycles. The van der Waals surface area contributed by atoms with E-state index in [-0.39, 0.29) is 5.91 Å². The lowest BCUT2D eigenvalue weighted by Gasteiger charge is -2.34. The number of imidazole rings is 1. The first-order valence-electron chi connectivity index (χ1n) is 10.2. The average Bonchev–Trinajstić information content (AvgIpc) is 3.08. The highest BCUT2D eigenvalue weighted by molar-refractivity contribution is 5.77. The van der Waals surface area contributed by atoms with Crippen molar-refractivity contribution in [2.75, 3.05) is 33.3 Å². The highest BCUT2D eigenvalue weighted by Gasteiger charge is 2.22. The summed E-state index contributed by atoms with van der Waals surface area (Å²) in [7, 11) is 3.73. The van der Waals surface area contributed by atoms with Crippen LogP contribution in [-0.2, 0) is 24.8 Å². The summed E-state index contributed by atoms with van der Waals surface area (Å²) in [6.45, 7) is 4.16. The molecule has 0 saturated carbocycles. The van der Waals surface area contributed by atoms with Crippen molar-refractivity contribution in [2.45, 2.75) is 19.4 Å². The lowest BCUT2D eigenvalue weighted by atomic mass is 10.1. The number of nitrogens with zero attached hydrogens (tertiary/aromatic N) is 4. The number of methoxy groups -OCH3 is 1. The lowest BCUT2D eigenvalue weighted by molar-refractivity contribution is -0.133. The van der Waals surface area contributed by atoms with Crippen LogP contribution in [0.3, 0.4) is 0 Å². The number of benzene rings is 2. The molecule has 1 aromatic heterocycles. The molecule has 6 heteroatoms. The fourth-order valence-corrected chi connectivity index (χ4v) is 3.89. The van der Waals surface area contributed by atoms with Gasteiger partial charge in [0.05, 0.1) is 24.7 Å². The molecule has 4 rings (SSSR count). The molecule has 0 atom stereocenters. The molecule has 29 heavy (non-hydrogen) atoms. The van der Waals surface area contributed by atoms with Crippen LogP contribution in [0.25, 0.3) is 11.0 Å². The van der Waals surface area contributed by atoms with Crippen LogP contribution >= 0.6 is 0 Å². The summed E-state index contributed by atoms with van der Waals surface area (Å²) >= 11 is 0. The van der Waals surface area contributed by atoms with E-state index in [1.165, 1.54) is 5.56 Å². The molecule has 1 aliphatic rings. The molecular weight excluding hydrogens is 364 g/mol. The van der Waals surface area contributed by atoms with Crippen LogP contribution < -0.4 is 4.74 Å². The zero-order chi connectivity index (χ0) is 20.2. The summed E-state index contributed by atoms with van der Waals surface area (Å²) in [6.07, 6.45) is 1.32. The molecule has 1 aliphatic heterocycles. The molecule has 2 heterocycles. The monoisotopic (exact) mass is 392 g/mol. The van der Waals surface area contributed by atoms with Crippen molar-refractivity contribution in [2.24, 2.45) is 7.05 Å². The molecule has 0 aliphatic carbocycles. The molecule has 0 spiro atoms.